The molecule has 0 bridgehead atoms. The van der Waals surface area contributed by atoms with Crippen molar-refractivity contribution in [3.63, 3.8) is 0 Å². The van der Waals surface area contributed by atoms with E-state index in [2.05, 4.69) is 23.2 Å². The van der Waals surface area contributed by atoms with Gasteiger partial charge in [-0.2, -0.15) is 0 Å². The fourth-order valence-corrected chi connectivity index (χ4v) is 4.30. The Balaban J connectivity index is 1.37. The molecule has 2 aliphatic heterocycles. The molecule has 1 aromatic carbocycles. The minimum absolute atomic E-state index is 0.0953. The molecule has 0 radical (unpaired) electrons. The molecule has 4 rings (SSSR count). The molecule has 0 spiro atoms. The molecule has 2 aromatic rings. The number of carbonyl (C=O) groups excluding carboxylic acids is 2. The quantitative estimate of drug-likeness (QED) is 0.834. The molecule has 0 N–H and O–H groups in total. The monoisotopic (exact) mass is 367 g/mol. The molecule has 0 unspecified atom stereocenters. The van der Waals surface area contributed by atoms with Gasteiger partial charge in [0.25, 0.3) is 0 Å². The Morgan fingerprint density at radius 1 is 1.15 bits per heavy atom. The first-order valence-corrected chi connectivity index (χ1v) is 9.85. The molecule has 0 atom stereocenters. The molecular formula is C20H21N3O2S. The van der Waals surface area contributed by atoms with Crippen LogP contribution in [-0.2, 0) is 16.0 Å². The number of hydrogen-bond donors (Lipinski definition) is 0. The largest absolute Gasteiger partial charge is 0.338 e. The van der Waals surface area contributed by atoms with Crippen LogP contribution in [0.3, 0.4) is 0 Å². The molecule has 0 saturated carbocycles. The Hall–Kier alpha value is -2.47. The number of rotatable bonds is 4. The van der Waals surface area contributed by atoms with Crippen LogP contribution in [0.1, 0.15) is 30.5 Å². The van der Waals surface area contributed by atoms with Crippen LogP contribution >= 0.6 is 11.3 Å². The van der Waals surface area contributed by atoms with Crippen molar-refractivity contribution >= 4 is 33.9 Å². The van der Waals surface area contributed by atoms with E-state index >= 15 is 0 Å². The maximum Gasteiger partial charge on any atom is 0.228 e. The van der Waals surface area contributed by atoms with E-state index in [0.717, 1.165) is 36.8 Å². The van der Waals surface area contributed by atoms with Gasteiger partial charge in [-0.1, -0.05) is 36.4 Å². The van der Waals surface area contributed by atoms with Crippen LogP contribution in [0.15, 0.2) is 41.8 Å². The van der Waals surface area contributed by atoms with Gasteiger partial charge in [0.15, 0.2) is 5.13 Å². The summed E-state index contributed by atoms with van der Waals surface area (Å²) < 4.78 is 0. The van der Waals surface area contributed by atoms with Crippen molar-refractivity contribution in [2.45, 2.75) is 25.7 Å². The average molecular weight is 367 g/mol. The summed E-state index contributed by atoms with van der Waals surface area (Å²) in [6, 6.07) is 10.3. The van der Waals surface area contributed by atoms with Crippen LogP contribution in [0, 0.1) is 0 Å². The molecule has 1 saturated heterocycles. The second-order valence-corrected chi connectivity index (χ2v) is 7.47. The Morgan fingerprint density at radius 2 is 2.00 bits per heavy atom. The molecule has 2 amide bonds. The number of anilines is 1. The number of amides is 2. The van der Waals surface area contributed by atoms with Crippen LogP contribution in [0.4, 0.5) is 5.13 Å². The van der Waals surface area contributed by atoms with Gasteiger partial charge in [-0.3, -0.25) is 14.5 Å². The first kappa shape index (κ1) is 17.0. The van der Waals surface area contributed by atoms with E-state index in [4.69, 9.17) is 0 Å². The predicted molar refractivity (Wildman–Crippen MR) is 103 cm³/mol. The topological polar surface area (TPSA) is 53.5 Å². The van der Waals surface area contributed by atoms with Crippen molar-refractivity contribution < 1.29 is 9.59 Å². The molecule has 1 fully saturated rings. The lowest BCUT2D eigenvalue weighted by atomic mass is 9.99. The van der Waals surface area contributed by atoms with Gasteiger partial charge in [0.05, 0.1) is 12.1 Å². The van der Waals surface area contributed by atoms with E-state index < -0.39 is 0 Å². The fourth-order valence-electron chi connectivity index (χ4n) is 3.43. The summed E-state index contributed by atoms with van der Waals surface area (Å²) in [6.45, 7) is 2.12. The van der Waals surface area contributed by atoms with E-state index in [1.807, 2.05) is 28.5 Å². The smallest absolute Gasteiger partial charge is 0.228 e. The van der Waals surface area contributed by atoms with Gasteiger partial charge < -0.3 is 4.90 Å². The molecule has 134 valence electrons. The predicted octanol–water partition coefficient (Wildman–Crippen LogP) is 3.13. The summed E-state index contributed by atoms with van der Waals surface area (Å²) in [4.78, 5) is 32.5. The SMILES string of the molecule is O=C(Cc1csc(N2CCCC2=O)n1)N1CC=C(c2ccccc2)CC1. The van der Waals surface area contributed by atoms with Gasteiger partial charge in [-0.25, -0.2) is 4.98 Å². The number of aromatic nitrogens is 1. The third kappa shape index (κ3) is 3.55. The number of hydrogen-bond acceptors (Lipinski definition) is 4. The maximum atomic E-state index is 12.6. The fraction of sp³-hybridized carbons (Fsp3) is 0.350. The summed E-state index contributed by atoms with van der Waals surface area (Å²) in [7, 11) is 0. The zero-order chi connectivity index (χ0) is 17.9. The summed E-state index contributed by atoms with van der Waals surface area (Å²) >= 11 is 1.45. The van der Waals surface area contributed by atoms with Crippen molar-refractivity contribution in [3.05, 3.63) is 53.0 Å². The molecule has 2 aliphatic rings. The van der Waals surface area contributed by atoms with Crippen molar-refractivity contribution in [1.29, 1.82) is 0 Å². The first-order valence-electron chi connectivity index (χ1n) is 8.98. The Labute approximate surface area is 157 Å². The van der Waals surface area contributed by atoms with E-state index in [1.165, 1.54) is 22.5 Å². The van der Waals surface area contributed by atoms with Crippen molar-refractivity contribution in [1.82, 2.24) is 9.88 Å². The number of benzene rings is 1. The highest BCUT2D eigenvalue weighted by molar-refractivity contribution is 7.14. The highest BCUT2D eigenvalue weighted by atomic mass is 32.1. The van der Waals surface area contributed by atoms with E-state index in [1.54, 1.807) is 4.90 Å². The van der Waals surface area contributed by atoms with Crippen LogP contribution < -0.4 is 4.90 Å². The van der Waals surface area contributed by atoms with E-state index in [9.17, 15) is 9.59 Å². The molecular weight excluding hydrogens is 346 g/mol. The summed E-state index contributed by atoms with van der Waals surface area (Å²) in [6.07, 6.45) is 4.80. The standard InChI is InChI=1S/C20H21N3O2S/c24-18-7-4-10-23(18)20-21-17(14-26-20)13-19(25)22-11-8-16(9-12-22)15-5-2-1-3-6-15/h1-3,5-6,8,14H,4,7,9-13H2. The van der Waals surface area contributed by atoms with Crippen molar-refractivity contribution in [2.75, 3.05) is 24.5 Å². The maximum absolute atomic E-state index is 12.6. The minimum atomic E-state index is 0.0953. The molecule has 3 heterocycles. The summed E-state index contributed by atoms with van der Waals surface area (Å²) in [5.74, 6) is 0.227. The normalized spacial score (nSPS) is 17.5. The minimum Gasteiger partial charge on any atom is -0.338 e. The lowest BCUT2D eigenvalue weighted by Gasteiger charge is -2.26. The van der Waals surface area contributed by atoms with Crippen molar-refractivity contribution in [2.24, 2.45) is 0 Å². The third-order valence-electron chi connectivity index (χ3n) is 4.88. The van der Waals surface area contributed by atoms with Gasteiger partial charge in [0.1, 0.15) is 0 Å². The molecule has 5 nitrogen and oxygen atoms in total. The van der Waals surface area contributed by atoms with Crippen LogP contribution in [0.25, 0.3) is 5.57 Å². The lowest BCUT2D eigenvalue weighted by molar-refractivity contribution is -0.130. The van der Waals surface area contributed by atoms with Crippen LogP contribution in [0.5, 0.6) is 0 Å². The van der Waals surface area contributed by atoms with Crippen LogP contribution in [0.2, 0.25) is 0 Å². The van der Waals surface area contributed by atoms with E-state index in [-0.39, 0.29) is 11.8 Å². The lowest BCUT2D eigenvalue weighted by Crippen LogP contribution is -2.35. The Bertz CT molecular complexity index is 844. The second kappa shape index (κ2) is 7.41. The number of thiazole rings is 1. The van der Waals surface area contributed by atoms with Gasteiger partial charge in [0, 0.05) is 31.4 Å². The zero-order valence-corrected chi connectivity index (χ0v) is 15.4. The van der Waals surface area contributed by atoms with Crippen molar-refractivity contribution in [3.8, 4) is 0 Å². The Kier molecular flexibility index (Phi) is 4.84. The van der Waals surface area contributed by atoms with Gasteiger partial charge in [-0.05, 0) is 24.0 Å². The number of nitrogens with zero attached hydrogens (tertiary/aromatic N) is 3. The zero-order valence-electron chi connectivity index (χ0n) is 14.6. The Morgan fingerprint density at radius 3 is 2.69 bits per heavy atom. The molecule has 1 aromatic heterocycles. The first-order chi connectivity index (χ1) is 12.7. The average Bonchev–Trinajstić information content (AvgIpc) is 3.31. The highest BCUT2D eigenvalue weighted by Crippen LogP contribution is 2.26. The van der Waals surface area contributed by atoms with Gasteiger partial charge >= 0.3 is 0 Å². The second-order valence-electron chi connectivity index (χ2n) is 6.63. The summed E-state index contributed by atoms with van der Waals surface area (Å²) in [5, 5.41) is 2.62. The number of carbonyl (C=O) groups is 2. The third-order valence-corrected chi connectivity index (χ3v) is 5.80. The molecule has 26 heavy (non-hydrogen) atoms. The van der Waals surface area contributed by atoms with Gasteiger partial charge in [0.2, 0.25) is 11.8 Å². The van der Waals surface area contributed by atoms with E-state index in [0.29, 0.717) is 19.4 Å². The van der Waals surface area contributed by atoms with Gasteiger partial charge in [-0.15, -0.1) is 11.3 Å². The van der Waals surface area contributed by atoms with Crippen LogP contribution in [-0.4, -0.2) is 41.3 Å². The highest BCUT2D eigenvalue weighted by Gasteiger charge is 2.25. The molecule has 0 aliphatic carbocycles. The summed E-state index contributed by atoms with van der Waals surface area (Å²) in [5.41, 5.74) is 3.30. The molecule has 6 heteroatoms.